The predicted octanol–water partition coefficient (Wildman–Crippen LogP) is 6.91. The number of hydrogen-bond donors (Lipinski definition) is 0. The molecule has 5 heteroatoms. The Kier molecular flexibility index (Phi) is 6.54. The van der Waals surface area contributed by atoms with Gasteiger partial charge in [-0.15, -0.1) is 0 Å². The van der Waals surface area contributed by atoms with Crippen LogP contribution in [0.15, 0.2) is 72.8 Å². The van der Waals surface area contributed by atoms with Crippen LogP contribution in [0.4, 0.5) is 9.18 Å². The van der Waals surface area contributed by atoms with Gasteiger partial charge in [0, 0.05) is 30.3 Å². The van der Waals surface area contributed by atoms with Crippen molar-refractivity contribution in [2.24, 2.45) is 5.92 Å². The third-order valence-electron chi connectivity index (χ3n) is 8.55. The molecule has 0 aromatic heterocycles. The van der Waals surface area contributed by atoms with Crippen LogP contribution >= 0.6 is 0 Å². The van der Waals surface area contributed by atoms with E-state index in [1.807, 2.05) is 17.0 Å². The summed E-state index contributed by atoms with van der Waals surface area (Å²) in [7, 11) is 0. The van der Waals surface area contributed by atoms with Crippen molar-refractivity contribution in [1.82, 2.24) is 4.90 Å². The fourth-order valence-electron chi connectivity index (χ4n) is 6.73. The number of nitrogens with zero attached hydrogens (tertiary/aromatic N) is 1. The first-order valence-corrected chi connectivity index (χ1v) is 13.5. The summed E-state index contributed by atoms with van der Waals surface area (Å²) in [6.07, 6.45) is 5.19. The molecule has 0 spiro atoms. The molecule has 2 heterocycles. The molecule has 2 unspecified atom stereocenters. The molecule has 2 bridgehead atoms. The summed E-state index contributed by atoms with van der Waals surface area (Å²) < 4.78 is 19.2. The summed E-state index contributed by atoms with van der Waals surface area (Å²) in [5.74, 6) is 0.0204. The quantitative estimate of drug-likeness (QED) is 0.372. The fraction of sp³-hybridized carbons (Fsp3) is 0.375. The highest BCUT2D eigenvalue weighted by atomic mass is 19.1. The smallest absolute Gasteiger partial charge is 0.410 e. The van der Waals surface area contributed by atoms with Gasteiger partial charge in [0.1, 0.15) is 18.2 Å². The first-order chi connectivity index (χ1) is 18.1. The number of piperidine rings is 2. The van der Waals surface area contributed by atoms with Crippen molar-refractivity contribution in [3.05, 3.63) is 95.3 Å². The van der Waals surface area contributed by atoms with Crippen LogP contribution in [0.25, 0.3) is 11.1 Å². The van der Waals surface area contributed by atoms with Gasteiger partial charge in [-0.2, -0.15) is 0 Å². The molecule has 37 heavy (non-hydrogen) atoms. The molecule has 0 saturated carbocycles. The molecule has 1 aliphatic carbocycles. The Morgan fingerprint density at radius 3 is 2.05 bits per heavy atom. The number of fused-ring (bicyclic) bond motifs is 5. The largest absolute Gasteiger partial charge is 0.448 e. The molecule has 2 fully saturated rings. The van der Waals surface area contributed by atoms with E-state index in [0.29, 0.717) is 32.3 Å². The number of benzene rings is 3. The van der Waals surface area contributed by atoms with Crippen molar-refractivity contribution in [1.29, 1.82) is 0 Å². The topological polar surface area (TPSA) is 46.6 Å². The number of amides is 1. The molecule has 0 radical (unpaired) electrons. The summed E-state index contributed by atoms with van der Waals surface area (Å²) in [5.41, 5.74) is 5.84. The van der Waals surface area contributed by atoms with E-state index in [9.17, 15) is 14.0 Å². The molecule has 2 atom stereocenters. The molecule has 2 aliphatic heterocycles. The maximum atomic E-state index is 13.4. The zero-order valence-electron chi connectivity index (χ0n) is 20.9. The van der Waals surface area contributed by atoms with Gasteiger partial charge in [0.15, 0.2) is 0 Å². The lowest BCUT2D eigenvalue weighted by Gasteiger charge is -2.47. The number of carbonyl (C=O) groups is 2. The third-order valence-corrected chi connectivity index (χ3v) is 8.55. The number of hydrogen-bond acceptors (Lipinski definition) is 3. The monoisotopic (exact) mass is 497 g/mol. The molecule has 190 valence electrons. The van der Waals surface area contributed by atoms with Crippen LogP contribution in [0.1, 0.15) is 61.1 Å². The van der Waals surface area contributed by atoms with E-state index in [2.05, 4.69) is 36.4 Å². The van der Waals surface area contributed by atoms with Gasteiger partial charge in [-0.25, -0.2) is 9.18 Å². The van der Waals surface area contributed by atoms with Crippen LogP contribution in [0.3, 0.4) is 0 Å². The summed E-state index contributed by atoms with van der Waals surface area (Å²) in [5, 5.41) is 0. The number of ether oxygens (including phenoxy) is 1. The van der Waals surface area contributed by atoms with Crippen LogP contribution in [0, 0.1) is 11.7 Å². The van der Waals surface area contributed by atoms with Crippen molar-refractivity contribution in [2.45, 2.75) is 62.9 Å². The van der Waals surface area contributed by atoms with Gasteiger partial charge in [-0.3, -0.25) is 4.79 Å². The van der Waals surface area contributed by atoms with Gasteiger partial charge in [-0.05, 0) is 78.5 Å². The molecule has 3 aromatic rings. The van der Waals surface area contributed by atoms with Crippen LogP contribution in [0.5, 0.6) is 0 Å². The number of carbonyl (C=O) groups excluding carboxylic acids is 2. The number of aryl methyl sites for hydroxylation is 1. The Bertz CT molecular complexity index is 1240. The first kappa shape index (κ1) is 23.9. The summed E-state index contributed by atoms with van der Waals surface area (Å²) in [6, 6.07) is 23.2. The van der Waals surface area contributed by atoms with Crippen molar-refractivity contribution in [3.63, 3.8) is 0 Å². The lowest BCUT2D eigenvalue weighted by molar-refractivity contribution is -0.126. The van der Waals surface area contributed by atoms with Crippen molar-refractivity contribution < 1.29 is 18.7 Å². The van der Waals surface area contributed by atoms with Crippen LogP contribution < -0.4 is 0 Å². The molecular formula is C32H32FNO3. The van der Waals surface area contributed by atoms with Gasteiger partial charge >= 0.3 is 6.09 Å². The predicted molar refractivity (Wildman–Crippen MR) is 141 cm³/mol. The van der Waals surface area contributed by atoms with E-state index >= 15 is 0 Å². The SMILES string of the molecule is O=C(CCc1ccc(F)cc1)C1CC2CCCC(C1)N2C(=O)OCC1c2ccccc2-c2ccccc21. The van der Waals surface area contributed by atoms with Gasteiger partial charge in [0.25, 0.3) is 0 Å². The summed E-state index contributed by atoms with van der Waals surface area (Å²) >= 11 is 0. The Hall–Kier alpha value is -3.47. The van der Waals surface area contributed by atoms with Crippen molar-refractivity contribution in [3.8, 4) is 11.1 Å². The van der Waals surface area contributed by atoms with Gasteiger partial charge in [-0.1, -0.05) is 60.7 Å². The Morgan fingerprint density at radius 2 is 1.43 bits per heavy atom. The van der Waals surface area contributed by atoms with Crippen molar-refractivity contribution in [2.75, 3.05) is 6.61 Å². The van der Waals surface area contributed by atoms with Crippen LogP contribution in [-0.4, -0.2) is 35.5 Å². The molecule has 4 nitrogen and oxygen atoms in total. The molecule has 1 amide bonds. The second kappa shape index (κ2) is 10.1. The molecule has 0 N–H and O–H groups in total. The number of Topliss-reactive ketones (excluding diaryl/α,β-unsaturated/α-hetero) is 1. The second-order valence-electron chi connectivity index (χ2n) is 10.7. The molecule has 3 aromatic carbocycles. The minimum atomic E-state index is -0.261. The van der Waals surface area contributed by atoms with Crippen LogP contribution in [-0.2, 0) is 16.0 Å². The Morgan fingerprint density at radius 1 is 0.838 bits per heavy atom. The average molecular weight is 498 g/mol. The maximum absolute atomic E-state index is 13.4. The lowest BCUT2D eigenvalue weighted by Crippen LogP contribution is -2.55. The summed E-state index contributed by atoms with van der Waals surface area (Å²) in [4.78, 5) is 28.4. The lowest BCUT2D eigenvalue weighted by atomic mass is 9.76. The summed E-state index contributed by atoms with van der Waals surface area (Å²) in [6.45, 7) is 0.322. The number of ketones is 1. The van der Waals surface area contributed by atoms with E-state index in [4.69, 9.17) is 4.74 Å². The average Bonchev–Trinajstić information content (AvgIpc) is 3.24. The second-order valence-corrected chi connectivity index (χ2v) is 10.7. The maximum Gasteiger partial charge on any atom is 0.410 e. The molecule has 6 rings (SSSR count). The normalized spacial score (nSPS) is 22.3. The van der Waals surface area contributed by atoms with Gasteiger partial charge in [0.2, 0.25) is 0 Å². The zero-order valence-corrected chi connectivity index (χ0v) is 20.9. The molecular weight excluding hydrogens is 465 g/mol. The number of halogens is 1. The minimum absolute atomic E-state index is 0.0200. The number of rotatable bonds is 6. The van der Waals surface area contributed by atoms with Crippen molar-refractivity contribution >= 4 is 11.9 Å². The standard InChI is InChI=1S/C32H32FNO3/c33-23-15-12-21(13-16-23)14-17-31(35)22-18-24-6-5-7-25(19-22)34(24)32(36)37-20-30-28-10-3-1-8-26(28)27-9-2-4-11-29(27)30/h1-4,8-13,15-16,22,24-25,30H,5-7,14,17-20H2. The highest BCUT2D eigenvalue weighted by Gasteiger charge is 2.43. The highest BCUT2D eigenvalue weighted by molar-refractivity contribution is 5.82. The fourth-order valence-corrected chi connectivity index (χ4v) is 6.73. The molecule has 2 saturated heterocycles. The third kappa shape index (κ3) is 4.68. The van der Waals surface area contributed by atoms with E-state index < -0.39 is 0 Å². The molecule has 3 aliphatic rings. The van der Waals surface area contributed by atoms with Crippen LogP contribution in [0.2, 0.25) is 0 Å². The van der Waals surface area contributed by atoms with Gasteiger partial charge in [0.05, 0.1) is 0 Å². The minimum Gasteiger partial charge on any atom is -0.448 e. The van der Waals surface area contributed by atoms with E-state index in [1.54, 1.807) is 12.1 Å². The highest BCUT2D eigenvalue weighted by Crippen LogP contribution is 2.45. The van der Waals surface area contributed by atoms with Gasteiger partial charge < -0.3 is 9.64 Å². The first-order valence-electron chi connectivity index (χ1n) is 13.5. The Balaban J connectivity index is 1.09. The van der Waals surface area contributed by atoms with E-state index in [1.165, 1.54) is 34.4 Å². The Labute approximate surface area is 217 Å². The van der Waals surface area contributed by atoms with E-state index in [0.717, 1.165) is 24.8 Å². The zero-order chi connectivity index (χ0) is 25.4. The van der Waals surface area contributed by atoms with E-state index in [-0.39, 0.29) is 41.6 Å².